The van der Waals surface area contributed by atoms with Gasteiger partial charge in [-0.1, -0.05) is 17.7 Å². The van der Waals surface area contributed by atoms with E-state index in [-0.39, 0.29) is 18.2 Å². The molecule has 0 radical (unpaired) electrons. The molecule has 1 amide bonds. The molecule has 2 atom stereocenters. The van der Waals surface area contributed by atoms with Crippen molar-refractivity contribution < 1.29 is 4.79 Å². The van der Waals surface area contributed by atoms with Gasteiger partial charge in [0, 0.05) is 23.2 Å². The highest BCUT2D eigenvalue weighted by molar-refractivity contribution is 6.31. The van der Waals surface area contributed by atoms with Crippen LogP contribution in [0.2, 0.25) is 5.02 Å². The molecule has 1 aromatic carbocycles. The Balaban J connectivity index is 2.10. The molecule has 1 fully saturated rings. The van der Waals surface area contributed by atoms with Gasteiger partial charge in [-0.3, -0.25) is 10.1 Å². The third-order valence-electron chi connectivity index (χ3n) is 2.82. The van der Waals surface area contributed by atoms with Gasteiger partial charge in [0.2, 0.25) is 5.91 Å². The number of halogens is 1. The first kappa shape index (κ1) is 12.2. The van der Waals surface area contributed by atoms with Crippen LogP contribution in [-0.4, -0.2) is 18.2 Å². The lowest BCUT2D eigenvalue weighted by molar-refractivity contribution is -0.123. The van der Waals surface area contributed by atoms with E-state index in [0.717, 1.165) is 11.3 Å². The zero-order valence-electron chi connectivity index (χ0n) is 9.88. The van der Waals surface area contributed by atoms with Gasteiger partial charge in [-0.25, -0.2) is 0 Å². The van der Waals surface area contributed by atoms with Crippen molar-refractivity contribution in [2.75, 3.05) is 5.32 Å². The minimum absolute atomic E-state index is 0.0495. The van der Waals surface area contributed by atoms with E-state index in [1.54, 1.807) is 0 Å². The van der Waals surface area contributed by atoms with Crippen molar-refractivity contribution in [1.82, 2.24) is 10.6 Å². The Labute approximate surface area is 106 Å². The van der Waals surface area contributed by atoms with Crippen LogP contribution in [0.15, 0.2) is 18.2 Å². The molecule has 0 aliphatic carbocycles. The lowest BCUT2D eigenvalue weighted by Gasteiger charge is -2.31. The number of carbonyl (C=O) groups is 1. The summed E-state index contributed by atoms with van der Waals surface area (Å²) in [6, 6.07) is 5.83. The number of hydrogen-bond acceptors (Lipinski definition) is 3. The molecule has 1 saturated heterocycles. The van der Waals surface area contributed by atoms with Gasteiger partial charge in [0.05, 0.1) is 0 Å². The van der Waals surface area contributed by atoms with Crippen LogP contribution in [0.4, 0.5) is 5.69 Å². The molecule has 1 aliphatic rings. The van der Waals surface area contributed by atoms with Crippen LogP contribution >= 0.6 is 11.6 Å². The van der Waals surface area contributed by atoms with Crippen molar-refractivity contribution in [2.45, 2.75) is 32.6 Å². The van der Waals surface area contributed by atoms with E-state index >= 15 is 0 Å². The van der Waals surface area contributed by atoms with Crippen LogP contribution in [0.25, 0.3) is 0 Å². The lowest BCUT2D eigenvalue weighted by atomic mass is 10.1. The second kappa shape index (κ2) is 4.94. The minimum Gasteiger partial charge on any atom is -0.353 e. The quantitative estimate of drug-likeness (QED) is 0.754. The molecule has 0 bridgehead atoms. The summed E-state index contributed by atoms with van der Waals surface area (Å²) in [5.74, 6) is 0.0495. The number of amides is 1. The Kier molecular flexibility index (Phi) is 3.54. The van der Waals surface area contributed by atoms with Crippen LogP contribution in [0.1, 0.15) is 18.9 Å². The summed E-state index contributed by atoms with van der Waals surface area (Å²) in [6.45, 7) is 3.93. The van der Waals surface area contributed by atoms with Crippen molar-refractivity contribution in [3.63, 3.8) is 0 Å². The average molecular weight is 254 g/mol. The van der Waals surface area contributed by atoms with E-state index in [1.165, 1.54) is 0 Å². The van der Waals surface area contributed by atoms with Crippen LogP contribution in [0.5, 0.6) is 0 Å². The SMILES string of the molecule is Cc1c(Cl)cccc1NC1NC(=O)CC(C)N1. The van der Waals surface area contributed by atoms with Gasteiger partial charge in [0.1, 0.15) is 0 Å². The van der Waals surface area contributed by atoms with E-state index < -0.39 is 0 Å². The molecule has 3 N–H and O–H groups in total. The molecule has 2 rings (SSSR count). The molecule has 0 spiro atoms. The van der Waals surface area contributed by atoms with Gasteiger partial charge in [0.15, 0.2) is 6.29 Å². The maximum Gasteiger partial charge on any atom is 0.224 e. The van der Waals surface area contributed by atoms with Crippen LogP contribution < -0.4 is 16.0 Å². The van der Waals surface area contributed by atoms with Crippen LogP contribution in [0.3, 0.4) is 0 Å². The summed E-state index contributed by atoms with van der Waals surface area (Å²) in [5, 5.41) is 10.0. The summed E-state index contributed by atoms with van der Waals surface area (Å²) in [6.07, 6.45) is 0.260. The third kappa shape index (κ3) is 2.90. The number of benzene rings is 1. The van der Waals surface area contributed by atoms with E-state index in [2.05, 4.69) is 16.0 Å². The number of hydrogen-bond donors (Lipinski definition) is 3. The zero-order chi connectivity index (χ0) is 12.4. The topological polar surface area (TPSA) is 53.2 Å². The fraction of sp³-hybridized carbons (Fsp3) is 0.417. The van der Waals surface area contributed by atoms with Gasteiger partial charge < -0.3 is 10.6 Å². The molecule has 4 nitrogen and oxygen atoms in total. The van der Waals surface area contributed by atoms with Crippen molar-refractivity contribution in [2.24, 2.45) is 0 Å². The molecule has 2 unspecified atom stereocenters. The maximum absolute atomic E-state index is 11.4. The minimum atomic E-state index is -0.247. The van der Waals surface area contributed by atoms with Crippen LogP contribution in [0, 0.1) is 6.92 Å². The van der Waals surface area contributed by atoms with Crippen molar-refractivity contribution in [3.8, 4) is 0 Å². The van der Waals surface area contributed by atoms with Crippen molar-refractivity contribution >= 4 is 23.2 Å². The smallest absolute Gasteiger partial charge is 0.224 e. The first-order valence-electron chi connectivity index (χ1n) is 5.63. The van der Waals surface area contributed by atoms with E-state index in [0.29, 0.717) is 11.4 Å². The zero-order valence-corrected chi connectivity index (χ0v) is 10.6. The number of anilines is 1. The molecule has 1 aliphatic heterocycles. The average Bonchev–Trinajstić information content (AvgIpc) is 2.23. The highest BCUT2D eigenvalue weighted by Crippen LogP contribution is 2.23. The Morgan fingerprint density at radius 2 is 2.24 bits per heavy atom. The van der Waals surface area contributed by atoms with Gasteiger partial charge >= 0.3 is 0 Å². The highest BCUT2D eigenvalue weighted by atomic mass is 35.5. The van der Waals surface area contributed by atoms with Gasteiger partial charge in [-0.05, 0) is 31.5 Å². The van der Waals surface area contributed by atoms with Crippen molar-refractivity contribution in [3.05, 3.63) is 28.8 Å². The molecule has 0 aromatic heterocycles. The van der Waals surface area contributed by atoms with E-state index in [4.69, 9.17) is 11.6 Å². The lowest BCUT2D eigenvalue weighted by Crippen LogP contribution is -2.59. The number of rotatable bonds is 2. The summed E-state index contributed by atoms with van der Waals surface area (Å²) in [4.78, 5) is 11.4. The molecule has 1 aromatic rings. The largest absolute Gasteiger partial charge is 0.353 e. The van der Waals surface area contributed by atoms with E-state index in [1.807, 2.05) is 32.0 Å². The number of nitrogens with one attached hydrogen (secondary N) is 3. The van der Waals surface area contributed by atoms with Gasteiger partial charge in [-0.15, -0.1) is 0 Å². The predicted octanol–water partition coefficient (Wildman–Crippen LogP) is 1.84. The van der Waals surface area contributed by atoms with Gasteiger partial charge in [-0.2, -0.15) is 0 Å². The summed E-state index contributed by atoms with van der Waals surface area (Å²) in [5.41, 5.74) is 1.90. The predicted molar refractivity (Wildman–Crippen MR) is 69.0 cm³/mol. The molecule has 5 heteroatoms. The Morgan fingerprint density at radius 1 is 1.47 bits per heavy atom. The molecule has 1 heterocycles. The molecular formula is C12H16ClN3O. The standard InChI is InChI=1S/C12H16ClN3O/c1-7-6-11(17)16-12(14-7)15-10-5-3-4-9(13)8(10)2/h3-5,7,12,14-15H,6H2,1-2H3,(H,16,17). The molecular weight excluding hydrogens is 238 g/mol. The second-order valence-corrected chi connectivity index (χ2v) is 4.74. The van der Waals surface area contributed by atoms with Crippen LogP contribution in [-0.2, 0) is 4.79 Å². The number of carbonyl (C=O) groups excluding carboxylic acids is 1. The Hall–Kier alpha value is -1.26. The third-order valence-corrected chi connectivity index (χ3v) is 3.23. The summed E-state index contributed by atoms with van der Waals surface area (Å²) in [7, 11) is 0. The normalized spacial score (nSPS) is 24.3. The fourth-order valence-corrected chi connectivity index (χ4v) is 2.05. The van der Waals surface area contributed by atoms with Gasteiger partial charge in [0.25, 0.3) is 0 Å². The molecule has 92 valence electrons. The fourth-order valence-electron chi connectivity index (χ4n) is 1.88. The highest BCUT2D eigenvalue weighted by Gasteiger charge is 2.22. The van der Waals surface area contributed by atoms with Crippen molar-refractivity contribution in [1.29, 1.82) is 0 Å². The Morgan fingerprint density at radius 3 is 2.94 bits per heavy atom. The first-order chi connectivity index (χ1) is 8.06. The van der Waals surface area contributed by atoms with E-state index in [9.17, 15) is 4.79 Å². The molecule has 0 saturated carbocycles. The maximum atomic E-state index is 11.4. The second-order valence-electron chi connectivity index (χ2n) is 4.33. The summed E-state index contributed by atoms with van der Waals surface area (Å²) >= 11 is 6.04. The summed E-state index contributed by atoms with van der Waals surface area (Å²) < 4.78 is 0. The Bertz CT molecular complexity index is 436. The first-order valence-corrected chi connectivity index (χ1v) is 6.01. The monoisotopic (exact) mass is 253 g/mol. The molecule has 17 heavy (non-hydrogen) atoms.